The van der Waals surface area contributed by atoms with Gasteiger partial charge in [-0.3, -0.25) is 9.59 Å². The maximum atomic E-state index is 13.3. The van der Waals surface area contributed by atoms with E-state index in [1.807, 2.05) is 19.1 Å². The lowest BCUT2D eigenvalue weighted by Gasteiger charge is -2.27. The standard InChI is InChI=1S/C21H22O5/c1-3-25-19(23)10-11-21(20(24)15-6-4-14(2)5-7-15)13-16-8-9-17(22)12-18(16)26-21/h4-9,12,22H,3,10-11,13H2,1-2H3. The second-order valence-electron chi connectivity index (χ2n) is 6.57. The predicted molar refractivity (Wildman–Crippen MR) is 96.5 cm³/mol. The summed E-state index contributed by atoms with van der Waals surface area (Å²) in [6.07, 6.45) is 0.661. The Balaban J connectivity index is 1.91. The van der Waals surface area contributed by atoms with Gasteiger partial charge in [0.15, 0.2) is 5.60 Å². The van der Waals surface area contributed by atoms with Crippen molar-refractivity contribution >= 4 is 11.8 Å². The van der Waals surface area contributed by atoms with Gasteiger partial charge in [0.1, 0.15) is 11.5 Å². The second kappa shape index (κ2) is 7.20. The summed E-state index contributed by atoms with van der Waals surface area (Å²) in [7, 11) is 0. The highest BCUT2D eigenvalue weighted by Gasteiger charge is 2.46. The SMILES string of the molecule is CCOC(=O)CCC1(C(=O)c2ccc(C)cc2)Cc2ccc(O)cc2O1. The van der Waals surface area contributed by atoms with Gasteiger partial charge in [-0.05, 0) is 25.5 Å². The fourth-order valence-electron chi connectivity index (χ4n) is 3.22. The van der Waals surface area contributed by atoms with E-state index in [9.17, 15) is 14.7 Å². The molecule has 5 nitrogen and oxygen atoms in total. The molecule has 136 valence electrons. The number of Topliss-reactive ketones (excluding diaryl/α,β-unsaturated/α-hetero) is 1. The van der Waals surface area contributed by atoms with E-state index in [1.165, 1.54) is 6.07 Å². The summed E-state index contributed by atoms with van der Waals surface area (Å²) in [4.78, 5) is 25.1. The van der Waals surface area contributed by atoms with E-state index in [1.54, 1.807) is 31.2 Å². The molecular weight excluding hydrogens is 332 g/mol. The molecule has 2 aromatic carbocycles. The first-order valence-electron chi connectivity index (χ1n) is 8.71. The third-order valence-electron chi connectivity index (χ3n) is 4.60. The van der Waals surface area contributed by atoms with E-state index in [-0.39, 0.29) is 30.3 Å². The fraction of sp³-hybridized carbons (Fsp3) is 0.333. The van der Waals surface area contributed by atoms with Crippen molar-refractivity contribution in [2.24, 2.45) is 0 Å². The highest BCUT2D eigenvalue weighted by molar-refractivity contribution is 6.03. The normalized spacial score (nSPS) is 18.1. The molecule has 1 aliphatic rings. The molecule has 0 aliphatic carbocycles. The Morgan fingerprint density at radius 3 is 2.62 bits per heavy atom. The molecule has 0 fully saturated rings. The van der Waals surface area contributed by atoms with Gasteiger partial charge in [0.05, 0.1) is 6.61 Å². The average molecular weight is 354 g/mol. The van der Waals surface area contributed by atoms with Crippen LogP contribution in [0.1, 0.15) is 41.3 Å². The number of phenols is 1. The highest BCUT2D eigenvalue weighted by atomic mass is 16.5. The maximum Gasteiger partial charge on any atom is 0.305 e. The van der Waals surface area contributed by atoms with Crippen LogP contribution < -0.4 is 4.74 Å². The van der Waals surface area contributed by atoms with E-state index in [0.717, 1.165) is 11.1 Å². The molecule has 0 amide bonds. The zero-order valence-electron chi connectivity index (χ0n) is 15.0. The van der Waals surface area contributed by atoms with E-state index in [4.69, 9.17) is 9.47 Å². The molecule has 1 heterocycles. The number of fused-ring (bicyclic) bond motifs is 1. The fourth-order valence-corrected chi connectivity index (χ4v) is 3.22. The molecule has 0 radical (unpaired) electrons. The number of benzene rings is 2. The first kappa shape index (κ1) is 18.0. The van der Waals surface area contributed by atoms with Gasteiger partial charge in [-0.2, -0.15) is 0 Å². The summed E-state index contributed by atoms with van der Waals surface area (Å²) in [5.74, 6) is 0.0329. The maximum absolute atomic E-state index is 13.3. The van der Waals surface area contributed by atoms with Crippen molar-refractivity contribution in [1.82, 2.24) is 0 Å². The van der Waals surface area contributed by atoms with Crippen LogP contribution in [0, 0.1) is 6.92 Å². The zero-order chi connectivity index (χ0) is 18.7. The van der Waals surface area contributed by atoms with Crippen LogP contribution in [0.25, 0.3) is 0 Å². The van der Waals surface area contributed by atoms with Gasteiger partial charge in [0.2, 0.25) is 5.78 Å². The van der Waals surface area contributed by atoms with Crippen LogP contribution in [0.4, 0.5) is 0 Å². The van der Waals surface area contributed by atoms with Crippen molar-refractivity contribution in [3.8, 4) is 11.5 Å². The number of phenolic OH excluding ortho intramolecular Hbond substituents is 1. The molecule has 0 saturated carbocycles. The summed E-state index contributed by atoms with van der Waals surface area (Å²) in [6.45, 7) is 4.00. The van der Waals surface area contributed by atoms with E-state index in [2.05, 4.69) is 0 Å². The smallest absolute Gasteiger partial charge is 0.305 e. The number of aryl methyl sites for hydroxylation is 1. The molecule has 26 heavy (non-hydrogen) atoms. The second-order valence-corrected chi connectivity index (χ2v) is 6.57. The van der Waals surface area contributed by atoms with Gasteiger partial charge in [0, 0.05) is 30.9 Å². The Bertz CT molecular complexity index is 825. The van der Waals surface area contributed by atoms with E-state index >= 15 is 0 Å². The van der Waals surface area contributed by atoms with Crippen molar-refractivity contribution in [2.45, 2.75) is 38.7 Å². The number of ether oxygens (including phenoxy) is 2. The number of hydrogen-bond acceptors (Lipinski definition) is 5. The monoisotopic (exact) mass is 354 g/mol. The van der Waals surface area contributed by atoms with E-state index in [0.29, 0.717) is 24.3 Å². The minimum atomic E-state index is -1.17. The van der Waals surface area contributed by atoms with Crippen LogP contribution in [-0.2, 0) is 16.0 Å². The van der Waals surface area contributed by atoms with Crippen LogP contribution in [0.5, 0.6) is 11.5 Å². The van der Waals surface area contributed by atoms with Gasteiger partial charge < -0.3 is 14.6 Å². The lowest BCUT2D eigenvalue weighted by Crippen LogP contribution is -2.44. The number of aromatic hydroxyl groups is 1. The van der Waals surface area contributed by atoms with Crippen LogP contribution in [0.15, 0.2) is 42.5 Å². The lowest BCUT2D eigenvalue weighted by molar-refractivity contribution is -0.143. The lowest BCUT2D eigenvalue weighted by atomic mass is 9.84. The Morgan fingerprint density at radius 2 is 1.92 bits per heavy atom. The minimum Gasteiger partial charge on any atom is -0.508 e. The first-order valence-corrected chi connectivity index (χ1v) is 8.71. The van der Waals surface area contributed by atoms with Gasteiger partial charge in [0.25, 0.3) is 0 Å². The van der Waals surface area contributed by atoms with Crippen LogP contribution >= 0.6 is 0 Å². The zero-order valence-corrected chi connectivity index (χ0v) is 15.0. The van der Waals surface area contributed by atoms with Crippen molar-refractivity contribution in [3.63, 3.8) is 0 Å². The third kappa shape index (κ3) is 3.57. The molecule has 2 aromatic rings. The largest absolute Gasteiger partial charge is 0.508 e. The molecule has 0 bridgehead atoms. The van der Waals surface area contributed by atoms with Crippen molar-refractivity contribution in [2.75, 3.05) is 6.61 Å². The van der Waals surface area contributed by atoms with Crippen molar-refractivity contribution < 1.29 is 24.2 Å². The van der Waals surface area contributed by atoms with Gasteiger partial charge in [-0.15, -0.1) is 0 Å². The summed E-state index contributed by atoms with van der Waals surface area (Å²) in [5, 5.41) is 9.70. The Kier molecular flexibility index (Phi) is 4.98. The quantitative estimate of drug-likeness (QED) is 0.634. The van der Waals surface area contributed by atoms with Gasteiger partial charge in [-0.25, -0.2) is 0 Å². The average Bonchev–Trinajstić information content (AvgIpc) is 2.99. The topological polar surface area (TPSA) is 72.8 Å². The number of carbonyl (C=O) groups is 2. The van der Waals surface area contributed by atoms with Crippen LogP contribution in [0.2, 0.25) is 0 Å². The molecule has 1 atom stereocenters. The molecule has 0 aromatic heterocycles. The van der Waals surface area contributed by atoms with Gasteiger partial charge >= 0.3 is 5.97 Å². The third-order valence-corrected chi connectivity index (χ3v) is 4.60. The van der Waals surface area contributed by atoms with Crippen LogP contribution in [-0.4, -0.2) is 29.1 Å². The summed E-state index contributed by atoms with van der Waals surface area (Å²) in [5.41, 5.74) is 1.27. The van der Waals surface area contributed by atoms with Crippen LogP contribution in [0.3, 0.4) is 0 Å². The number of carbonyl (C=O) groups excluding carboxylic acids is 2. The van der Waals surface area contributed by atoms with E-state index < -0.39 is 5.60 Å². The number of hydrogen-bond donors (Lipinski definition) is 1. The molecular formula is C21H22O5. The Hall–Kier alpha value is -2.82. The molecule has 5 heteroatoms. The molecule has 3 rings (SSSR count). The molecule has 1 aliphatic heterocycles. The number of esters is 1. The first-order chi connectivity index (χ1) is 12.4. The summed E-state index contributed by atoms with van der Waals surface area (Å²) in [6, 6.07) is 12.1. The van der Waals surface area contributed by atoms with Gasteiger partial charge in [-0.1, -0.05) is 35.9 Å². The Morgan fingerprint density at radius 1 is 1.19 bits per heavy atom. The summed E-state index contributed by atoms with van der Waals surface area (Å²) < 4.78 is 11.0. The molecule has 0 saturated heterocycles. The molecule has 1 N–H and O–H groups in total. The minimum absolute atomic E-state index is 0.0766. The van der Waals surface area contributed by atoms with Crippen molar-refractivity contribution in [3.05, 3.63) is 59.2 Å². The predicted octanol–water partition coefficient (Wildman–Crippen LogP) is 3.60. The number of ketones is 1. The number of rotatable bonds is 6. The highest BCUT2D eigenvalue weighted by Crippen LogP contribution is 2.41. The molecule has 1 unspecified atom stereocenters. The van der Waals surface area contributed by atoms with Crippen molar-refractivity contribution in [1.29, 1.82) is 0 Å². The summed E-state index contributed by atoms with van der Waals surface area (Å²) >= 11 is 0. The Labute approximate surface area is 152 Å². The molecule has 0 spiro atoms.